The molecule has 0 amide bonds. The minimum atomic E-state index is 0.512. The van der Waals surface area contributed by atoms with Crippen molar-refractivity contribution in [3.05, 3.63) is 89.0 Å². The molecule has 1 fully saturated rings. The third-order valence-electron chi connectivity index (χ3n) is 5.27. The Bertz CT molecular complexity index is 886. The van der Waals surface area contributed by atoms with Gasteiger partial charge in [0.2, 0.25) is 0 Å². The Balaban J connectivity index is 0.000000935. The molecule has 34 heavy (non-hydrogen) atoms. The number of hydrogen-bond donors (Lipinski definition) is 1. The number of carbonyl (C=O) groups excluding carboxylic acids is 1. The zero-order chi connectivity index (χ0) is 25.9. The fourth-order valence-electron chi connectivity index (χ4n) is 3.37. The van der Waals surface area contributed by atoms with Gasteiger partial charge >= 0.3 is 0 Å². The Morgan fingerprint density at radius 3 is 2.15 bits per heavy atom. The summed E-state index contributed by atoms with van der Waals surface area (Å²) < 4.78 is 0. The average Bonchev–Trinajstić information content (AvgIpc) is 3.01. The zero-order valence-corrected chi connectivity index (χ0v) is 22.9. The first-order valence-electron chi connectivity index (χ1n) is 12.0. The van der Waals surface area contributed by atoms with Crippen molar-refractivity contribution in [2.24, 2.45) is 16.6 Å². The predicted molar refractivity (Wildman–Crippen MR) is 154 cm³/mol. The monoisotopic (exact) mass is 480 g/mol. The van der Waals surface area contributed by atoms with E-state index >= 15 is 0 Å². The molecule has 1 aliphatic carbocycles. The Kier molecular flexibility index (Phi) is 17.6. The molecule has 1 saturated carbocycles. The van der Waals surface area contributed by atoms with Crippen LogP contribution in [-0.2, 0) is 4.79 Å². The second-order valence-electron chi connectivity index (χ2n) is 8.11. The molecule has 4 heteroatoms. The van der Waals surface area contributed by atoms with E-state index in [9.17, 15) is 4.79 Å². The summed E-state index contributed by atoms with van der Waals surface area (Å²) >= 11 is 1.74. The number of aldehydes is 1. The molecule has 0 bridgehead atoms. The van der Waals surface area contributed by atoms with Gasteiger partial charge in [0.1, 0.15) is 6.29 Å². The Morgan fingerprint density at radius 1 is 1.09 bits per heavy atom. The van der Waals surface area contributed by atoms with Crippen LogP contribution in [0.2, 0.25) is 0 Å². The number of carbonyl (C=O) groups is 1. The van der Waals surface area contributed by atoms with Gasteiger partial charge in [0.25, 0.3) is 0 Å². The van der Waals surface area contributed by atoms with Gasteiger partial charge < -0.3 is 5.73 Å². The van der Waals surface area contributed by atoms with Crippen molar-refractivity contribution in [2.75, 3.05) is 7.05 Å². The molecule has 0 saturated heterocycles. The van der Waals surface area contributed by atoms with Gasteiger partial charge in [0, 0.05) is 26.9 Å². The quantitative estimate of drug-likeness (QED) is 0.203. The van der Waals surface area contributed by atoms with Crippen molar-refractivity contribution in [2.45, 2.75) is 71.6 Å². The number of rotatable bonds is 4. The van der Waals surface area contributed by atoms with E-state index in [1.807, 2.05) is 19.9 Å². The number of aliphatic imine (C=N–C) groups is 1. The minimum absolute atomic E-state index is 0.512. The molecule has 186 valence electrons. The number of hydrogen-bond acceptors (Lipinski definition) is 4. The van der Waals surface area contributed by atoms with Crippen LogP contribution >= 0.6 is 11.8 Å². The first-order chi connectivity index (χ1) is 16.4. The molecule has 0 spiro atoms. The van der Waals surface area contributed by atoms with Crippen LogP contribution in [0.3, 0.4) is 0 Å². The highest BCUT2D eigenvalue weighted by Crippen LogP contribution is 2.39. The molecule has 0 unspecified atom stereocenters. The maximum Gasteiger partial charge on any atom is 0.150 e. The van der Waals surface area contributed by atoms with Crippen molar-refractivity contribution in [3.63, 3.8) is 0 Å². The summed E-state index contributed by atoms with van der Waals surface area (Å²) in [6, 6.07) is 8.53. The van der Waals surface area contributed by atoms with E-state index < -0.39 is 0 Å². The first kappa shape index (κ1) is 31.6. The second-order valence-corrected chi connectivity index (χ2v) is 9.37. The van der Waals surface area contributed by atoms with Crippen LogP contribution in [0.5, 0.6) is 0 Å². The molecule has 1 aliphatic heterocycles. The summed E-state index contributed by atoms with van der Waals surface area (Å²) in [5.74, 6) is 0.512. The van der Waals surface area contributed by atoms with E-state index in [1.165, 1.54) is 60.9 Å². The van der Waals surface area contributed by atoms with E-state index in [0.29, 0.717) is 11.5 Å². The van der Waals surface area contributed by atoms with Crippen molar-refractivity contribution in [1.29, 1.82) is 0 Å². The van der Waals surface area contributed by atoms with Crippen LogP contribution in [0.1, 0.15) is 72.3 Å². The van der Waals surface area contributed by atoms with Crippen LogP contribution in [-0.4, -0.2) is 19.0 Å². The lowest BCUT2D eigenvalue weighted by atomic mass is 9.83. The lowest BCUT2D eigenvalue weighted by Gasteiger charge is -2.24. The number of thioether (sulfide) groups is 1. The fourth-order valence-corrected chi connectivity index (χ4v) is 4.34. The summed E-state index contributed by atoms with van der Waals surface area (Å²) in [6.45, 7) is 17.2. The van der Waals surface area contributed by atoms with Gasteiger partial charge in [-0.1, -0.05) is 79.6 Å². The van der Waals surface area contributed by atoms with Crippen LogP contribution in [0.15, 0.2) is 93.4 Å². The lowest BCUT2D eigenvalue weighted by Crippen LogP contribution is -2.19. The van der Waals surface area contributed by atoms with Crippen LogP contribution in [0.4, 0.5) is 0 Å². The smallest absolute Gasteiger partial charge is 0.150 e. The van der Waals surface area contributed by atoms with Crippen molar-refractivity contribution >= 4 is 23.8 Å². The predicted octanol–water partition coefficient (Wildman–Crippen LogP) is 8.44. The molecular weight excluding hydrogens is 436 g/mol. The van der Waals surface area contributed by atoms with E-state index in [4.69, 9.17) is 4.99 Å². The first-order valence-corrected chi connectivity index (χ1v) is 12.8. The number of benzene rings is 1. The third-order valence-corrected chi connectivity index (χ3v) is 6.36. The van der Waals surface area contributed by atoms with Gasteiger partial charge in [-0.2, -0.15) is 0 Å². The van der Waals surface area contributed by atoms with Crippen molar-refractivity contribution in [1.82, 2.24) is 0 Å². The number of fused-ring (bicyclic) bond motifs is 1. The SMILES string of the molecule is C=C/C(C=O)=C\C1=C(C)Sc2ccccc2C(C2CCCCC2)=N1.C=CC.CC=C(C)C.CN. The lowest BCUT2D eigenvalue weighted by molar-refractivity contribution is -0.104. The molecule has 2 N–H and O–H groups in total. The van der Waals surface area contributed by atoms with Crippen molar-refractivity contribution in [3.8, 4) is 0 Å². The van der Waals surface area contributed by atoms with E-state index in [1.54, 1.807) is 23.9 Å². The molecule has 1 aromatic rings. The number of nitrogens with two attached hydrogens (primary N) is 1. The third kappa shape index (κ3) is 11.1. The minimum Gasteiger partial charge on any atom is -0.333 e. The van der Waals surface area contributed by atoms with Gasteiger partial charge in [-0.15, -0.1) is 6.58 Å². The maximum atomic E-state index is 11.2. The molecule has 0 atom stereocenters. The van der Waals surface area contributed by atoms with E-state index in [-0.39, 0.29) is 0 Å². The highest BCUT2D eigenvalue weighted by Gasteiger charge is 2.25. The number of allylic oxidation sites excluding steroid dienone is 7. The van der Waals surface area contributed by atoms with Gasteiger partial charge in [-0.3, -0.25) is 9.79 Å². The zero-order valence-electron chi connectivity index (χ0n) is 22.1. The van der Waals surface area contributed by atoms with Crippen LogP contribution < -0.4 is 5.73 Å². The summed E-state index contributed by atoms with van der Waals surface area (Å²) in [5, 5.41) is 0. The molecule has 0 aromatic heterocycles. The standard InChI is InChI=1S/C21H23NOS.C5H10.C3H6.CH5N/c1-3-16(14-23)13-19-15(2)24-20-12-8-7-11-18(20)21(22-19)17-9-5-4-6-10-17;1-4-5(2)3;1-3-2;1-2/h3,7-8,11-14,17H,1,4-6,9-10H2,2H3;4H,1-3H3;3H,1H2,2H3;2H2,1H3/b16-13+;;;. The number of nitrogens with zero attached hydrogens (tertiary/aromatic N) is 1. The topological polar surface area (TPSA) is 55.5 Å². The summed E-state index contributed by atoms with van der Waals surface area (Å²) in [5.41, 5.74) is 9.78. The van der Waals surface area contributed by atoms with Gasteiger partial charge in [-0.25, -0.2) is 0 Å². The largest absolute Gasteiger partial charge is 0.333 e. The second kappa shape index (κ2) is 18.9. The van der Waals surface area contributed by atoms with Gasteiger partial charge in [0.15, 0.2) is 0 Å². The van der Waals surface area contributed by atoms with E-state index in [0.717, 1.165) is 16.9 Å². The molecule has 3 rings (SSSR count). The normalized spacial score (nSPS) is 15.3. The Morgan fingerprint density at radius 2 is 1.65 bits per heavy atom. The molecular formula is C30H44N2OS. The Labute approximate surface area is 212 Å². The van der Waals surface area contributed by atoms with Crippen molar-refractivity contribution < 1.29 is 4.79 Å². The van der Waals surface area contributed by atoms with Gasteiger partial charge in [0.05, 0.1) is 11.4 Å². The summed E-state index contributed by atoms with van der Waals surface area (Å²) in [4.78, 5) is 18.6. The molecule has 1 aromatic carbocycles. The highest BCUT2D eigenvalue weighted by molar-refractivity contribution is 8.03. The average molecular weight is 481 g/mol. The molecule has 1 heterocycles. The van der Waals surface area contributed by atoms with Gasteiger partial charge in [-0.05, 0) is 66.7 Å². The maximum absolute atomic E-state index is 11.2. The van der Waals surface area contributed by atoms with Crippen LogP contribution in [0.25, 0.3) is 0 Å². The fraction of sp³-hybridized carbons (Fsp3) is 0.400. The molecule has 0 radical (unpaired) electrons. The van der Waals surface area contributed by atoms with Crippen LogP contribution in [0, 0.1) is 5.92 Å². The van der Waals surface area contributed by atoms with E-state index in [2.05, 4.69) is 70.0 Å². The summed E-state index contributed by atoms with van der Waals surface area (Å²) in [6.07, 6.45) is 14.4. The highest BCUT2D eigenvalue weighted by atomic mass is 32.2. The molecule has 3 nitrogen and oxygen atoms in total. The summed E-state index contributed by atoms with van der Waals surface area (Å²) in [7, 11) is 1.50. The molecule has 2 aliphatic rings. The Hall–Kier alpha value is -2.43.